The number of benzene rings is 23. The summed E-state index contributed by atoms with van der Waals surface area (Å²) in [6.45, 7) is 4.76. The molecule has 0 unspecified atom stereocenters. The fraction of sp³-hybridized carbons (Fsp3) is 0.0229. The molecule has 0 aliphatic heterocycles. The van der Waals surface area contributed by atoms with E-state index in [1.165, 1.54) is 278 Å². The van der Waals surface area contributed by atoms with Crippen LogP contribution in [0.3, 0.4) is 0 Å². The molecule has 11 heterocycles. The summed E-state index contributed by atoms with van der Waals surface area (Å²) in [7, 11) is 0. The van der Waals surface area contributed by atoms with Gasteiger partial charge in [-0.05, 0) is 229 Å². The Bertz CT molecular complexity index is 11600. The summed E-state index contributed by atoms with van der Waals surface area (Å²) in [5.41, 5.74) is 29.8. The van der Waals surface area contributed by atoms with E-state index in [4.69, 9.17) is 4.42 Å². The molecule has 34 aromatic rings. The van der Waals surface area contributed by atoms with E-state index >= 15 is 0 Å². The summed E-state index contributed by atoms with van der Waals surface area (Å²) < 4.78 is 25.9. The SMILES string of the molecule is Brc1cc2c(c3cccc4c5cccc6cccc(c65)n2c43)c2oc3cc4ccccc4cc3c12.Brc1cc2c(c3ccccc3n2-c2ccccc2)c2c1c1cccc3c4cccc5cccc(c54)n2c31.Brc1cc2c3cccc4c5c6ccccc6n(-c6ccccc6)c5cc(c34)n3c4ccccc4c(c1)c23.CC1(C)c2ccccc2-c2cc3c4c(cccc4c4cccc5c6cc(Br)ccc6n3c45)c21. The second-order valence-corrected chi connectivity index (χ2v) is 42.7. The first-order chi connectivity index (χ1) is 69.9. The lowest BCUT2D eigenvalue weighted by atomic mass is 9.79. The quantitative estimate of drug-likeness (QED) is 0.126. The molecule has 0 amide bonds. The van der Waals surface area contributed by atoms with Gasteiger partial charge >= 0.3 is 0 Å². The van der Waals surface area contributed by atoms with Crippen molar-refractivity contribution >= 4 is 336 Å². The number of para-hydroxylation sites is 8. The molecular formula is C131H74Br4N6O. The molecule has 0 spiro atoms. The van der Waals surface area contributed by atoms with Crippen molar-refractivity contribution in [2.45, 2.75) is 19.3 Å². The minimum absolute atomic E-state index is 0.0288. The van der Waals surface area contributed by atoms with Crippen LogP contribution < -0.4 is 0 Å². The lowest BCUT2D eigenvalue weighted by Crippen LogP contribution is -2.15. The summed E-state index contributed by atoms with van der Waals surface area (Å²) in [5.74, 6) is 0. The normalized spacial score (nSPS) is 13.1. The van der Waals surface area contributed by atoms with E-state index in [0.717, 1.165) is 45.3 Å². The average molecular weight is 2070 g/mol. The van der Waals surface area contributed by atoms with Crippen molar-refractivity contribution < 1.29 is 4.42 Å². The molecule has 35 rings (SSSR count). The van der Waals surface area contributed by atoms with Crippen molar-refractivity contribution in [3.63, 3.8) is 0 Å². The van der Waals surface area contributed by atoms with Crippen LogP contribution >= 0.6 is 63.7 Å². The van der Waals surface area contributed by atoms with Crippen molar-refractivity contribution in [3.05, 3.63) is 442 Å². The van der Waals surface area contributed by atoms with Gasteiger partial charge in [-0.15, -0.1) is 0 Å². The van der Waals surface area contributed by atoms with Gasteiger partial charge in [-0.1, -0.05) is 337 Å². The number of hydrogen-bond acceptors (Lipinski definition) is 1. The van der Waals surface area contributed by atoms with Crippen LogP contribution in [0.25, 0.3) is 294 Å². The van der Waals surface area contributed by atoms with Gasteiger partial charge in [-0.2, -0.15) is 0 Å². The van der Waals surface area contributed by atoms with Crippen molar-refractivity contribution in [1.29, 1.82) is 0 Å². The third kappa shape index (κ3) is 10.5. The minimum Gasteiger partial charge on any atom is -0.455 e. The molecule has 0 saturated heterocycles. The third-order valence-electron chi connectivity index (χ3n) is 31.8. The van der Waals surface area contributed by atoms with Gasteiger partial charge in [-0.25, -0.2) is 0 Å². The molecule has 0 N–H and O–H groups in total. The number of nitrogens with zero attached hydrogens (tertiary/aromatic N) is 6. The number of furan rings is 1. The first-order valence-electron chi connectivity index (χ1n) is 48.5. The highest BCUT2D eigenvalue weighted by molar-refractivity contribution is 9.11. The number of pyridine rings is 4. The Morgan fingerprint density at radius 1 is 0.204 bits per heavy atom. The van der Waals surface area contributed by atoms with Crippen molar-refractivity contribution in [2.75, 3.05) is 0 Å². The van der Waals surface area contributed by atoms with Gasteiger partial charge in [0, 0.05) is 148 Å². The zero-order valence-electron chi connectivity index (χ0n) is 76.4. The number of aromatic nitrogens is 6. The first-order valence-corrected chi connectivity index (χ1v) is 51.6. The lowest BCUT2D eigenvalue weighted by Gasteiger charge is -2.24. The first kappa shape index (κ1) is 79.8. The Morgan fingerprint density at radius 3 is 1.27 bits per heavy atom. The average Bonchev–Trinajstić information content (AvgIpc) is 1.47. The van der Waals surface area contributed by atoms with E-state index in [1.54, 1.807) is 0 Å². The summed E-state index contributed by atoms with van der Waals surface area (Å²) in [6.07, 6.45) is 0. The molecule has 662 valence electrons. The van der Waals surface area contributed by atoms with Crippen LogP contribution in [0.5, 0.6) is 0 Å². The maximum atomic E-state index is 6.69. The highest BCUT2D eigenvalue weighted by atomic mass is 79.9. The van der Waals surface area contributed by atoms with Gasteiger partial charge in [0.25, 0.3) is 0 Å². The fourth-order valence-electron chi connectivity index (χ4n) is 26.4. The standard InChI is InChI=1S/2C34H19BrN2.C32H16BrNO.C31H20BrN/c35-20-17-26-22-11-4-6-15-28(22)37-31-19-30-33(25-14-8-13-23(32(25)31)27(18-20)34(26)37)24-12-5-7-16-29(24)36(30)21-9-2-1-3-10-21;35-26-19-29-32(24-13-4-5-17-27(24)36(29)21-11-2-1-3-12-21)34-31(26)25-16-8-15-23-22-14-6-9-20-10-7-18-28(30(20)22)37(34)33(23)25;33-24-16-26-30(32-29(24)23-14-18-6-1-2-7-19(18)15-27(23)35-32)22-12-5-11-21-20-10-3-8-17-9-4-13-25(28(17)20)34(26)31(21)22;1-31(2)25-12-4-3-7-18(25)24-16-27-28-19(8-5-11-22(28)29(24)31)20-9-6-10-21-23-15-17(32)13-14-26(23)33(27)30(20)21/h2*1-19H;1-16H;3-16H,1-2H3. The highest BCUT2D eigenvalue weighted by Crippen LogP contribution is 2.57. The van der Waals surface area contributed by atoms with Crippen molar-refractivity contribution in [2.24, 2.45) is 0 Å². The third-order valence-corrected chi connectivity index (χ3v) is 34.0. The predicted octanol–water partition coefficient (Wildman–Crippen LogP) is 38.6. The monoisotopic (exact) mass is 2060 g/mol. The Labute approximate surface area is 842 Å². The molecule has 1 aliphatic carbocycles. The number of halogens is 4. The predicted molar refractivity (Wildman–Crippen MR) is 616 cm³/mol. The van der Waals surface area contributed by atoms with E-state index in [9.17, 15) is 0 Å². The molecule has 0 fully saturated rings. The molecule has 0 bridgehead atoms. The van der Waals surface area contributed by atoms with Crippen molar-refractivity contribution in [3.8, 4) is 22.5 Å². The van der Waals surface area contributed by atoms with Crippen LogP contribution in [0.15, 0.2) is 435 Å². The van der Waals surface area contributed by atoms with Gasteiger partial charge in [-0.3, -0.25) is 0 Å². The molecule has 0 saturated carbocycles. The number of fused-ring (bicyclic) bond motifs is 37. The minimum atomic E-state index is -0.0288. The van der Waals surface area contributed by atoms with E-state index in [2.05, 4.69) is 517 Å². The van der Waals surface area contributed by atoms with Gasteiger partial charge < -0.3 is 31.2 Å². The largest absolute Gasteiger partial charge is 0.455 e. The Hall–Kier alpha value is -16.1. The molecule has 1 aliphatic rings. The van der Waals surface area contributed by atoms with E-state index in [1.807, 2.05) is 0 Å². The van der Waals surface area contributed by atoms with E-state index in [0.29, 0.717) is 0 Å². The summed E-state index contributed by atoms with van der Waals surface area (Å²) in [6, 6.07) is 151. The Balaban J connectivity index is 0.0000000852. The second kappa shape index (κ2) is 29.0. The van der Waals surface area contributed by atoms with Crippen LogP contribution in [0.1, 0.15) is 25.0 Å². The maximum Gasteiger partial charge on any atom is 0.146 e. The zero-order valence-corrected chi connectivity index (χ0v) is 82.7. The fourth-order valence-corrected chi connectivity index (χ4v) is 28.4. The highest BCUT2D eigenvalue weighted by Gasteiger charge is 2.39. The molecule has 0 atom stereocenters. The molecule has 23 aromatic carbocycles. The van der Waals surface area contributed by atoms with Crippen LogP contribution in [0.2, 0.25) is 0 Å². The summed E-state index contributed by atoms with van der Waals surface area (Å²) in [4.78, 5) is 0. The van der Waals surface area contributed by atoms with E-state index < -0.39 is 0 Å². The Kier molecular flexibility index (Phi) is 16.3. The van der Waals surface area contributed by atoms with Crippen LogP contribution in [0, 0.1) is 0 Å². The Morgan fingerprint density at radius 2 is 0.606 bits per heavy atom. The molecule has 142 heavy (non-hydrogen) atoms. The van der Waals surface area contributed by atoms with Gasteiger partial charge in [0.1, 0.15) is 11.2 Å². The van der Waals surface area contributed by atoms with Crippen molar-refractivity contribution in [1.82, 2.24) is 26.7 Å². The smallest absolute Gasteiger partial charge is 0.146 e. The van der Waals surface area contributed by atoms with Crippen LogP contribution in [0.4, 0.5) is 0 Å². The zero-order chi connectivity index (χ0) is 93.4. The summed E-state index contributed by atoms with van der Waals surface area (Å²) >= 11 is 15.5. The number of rotatable bonds is 2. The van der Waals surface area contributed by atoms with Gasteiger partial charge in [0.2, 0.25) is 0 Å². The lowest BCUT2D eigenvalue weighted by molar-refractivity contribution is 0.666. The second-order valence-electron chi connectivity index (χ2n) is 39.2. The van der Waals surface area contributed by atoms with Gasteiger partial charge in [0.05, 0.1) is 93.7 Å². The molecule has 11 heteroatoms. The van der Waals surface area contributed by atoms with Gasteiger partial charge in [0.15, 0.2) is 0 Å². The molecule has 7 nitrogen and oxygen atoms in total. The van der Waals surface area contributed by atoms with Crippen LogP contribution in [-0.4, -0.2) is 26.7 Å². The molecule has 11 aromatic heterocycles. The maximum absolute atomic E-state index is 6.69. The number of hydrogen-bond donors (Lipinski definition) is 0. The van der Waals surface area contributed by atoms with E-state index in [-0.39, 0.29) is 5.41 Å². The topological polar surface area (TPSA) is 40.6 Å². The molecule has 0 radical (unpaired) electrons. The summed E-state index contributed by atoms with van der Waals surface area (Å²) in [5, 5.41) is 40.9. The molecular weight excluding hydrogens is 1990 g/mol. The van der Waals surface area contributed by atoms with Crippen LogP contribution in [-0.2, 0) is 5.41 Å².